The lowest BCUT2D eigenvalue weighted by molar-refractivity contribution is -0.140. The minimum Gasteiger partial charge on any atom is -0.278 e. The van der Waals surface area contributed by atoms with Crippen LogP contribution in [0.5, 0.6) is 0 Å². The summed E-state index contributed by atoms with van der Waals surface area (Å²) in [6.07, 6.45) is -2.81. The predicted molar refractivity (Wildman–Crippen MR) is 92.7 cm³/mol. The van der Waals surface area contributed by atoms with E-state index in [1.165, 1.54) is 6.07 Å². The Morgan fingerprint density at radius 3 is 2.62 bits per heavy atom. The molecule has 1 N–H and O–H groups in total. The Morgan fingerprint density at radius 1 is 1.15 bits per heavy atom. The van der Waals surface area contributed by atoms with Gasteiger partial charge in [-0.05, 0) is 50.6 Å². The molecule has 0 bridgehead atoms. The molecule has 0 aliphatic rings. The number of pyridine rings is 1. The number of halogens is 3. The number of aromatic amines is 1. The zero-order chi connectivity index (χ0) is 18.6. The lowest BCUT2D eigenvalue weighted by Crippen LogP contribution is -2.07. The van der Waals surface area contributed by atoms with Gasteiger partial charge < -0.3 is 0 Å². The van der Waals surface area contributed by atoms with Gasteiger partial charge >= 0.3 is 6.18 Å². The van der Waals surface area contributed by atoms with Crippen LogP contribution in [0.3, 0.4) is 0 Å². The van der Waals surface area contributed by atoms with Crippen molar-refractivity contribution in [2.75, 3.05) is 0 Å². The molecule has 0 radical (unpaired) electrons. The molecular formula is C18H16F3N5. The number of fused-ring (bicyclic) bond motifs is 2. The second-order valence-corrected chi connectivity index (χ2v) is 6.58. The fraction of sp³-hybridized carbons (Fsp3) is 0.278. The first-order chi connectivity index (χ1) is 12.3. The molecule has 8 heteroatoms. The molecule has 26 heavy (non-hydrogen) atoms. The highest BCUT2D eigenvalue weighted by Gasteiger charge is 2.33. The molecule has 0 fully saturated rings. The Hall–Kier alpha value is -2.90. The second kappa shape index (κ2) is 5.55. The topological polar surface area (TPSA) is 59.4 Å². The van der Waals surface area contributed by atoms with Crippen LogP contribution in [-0.4, -0.2) is 25.0 Å². The van der Waals surface area contributed by atoms with Crippen molar-refractivity contribution in [1.29, 1.82) is 0 Å². The highest BCUT2D eigenvalue weighted by Crippen LogP contribution is 2.35. The lowest BCUT2D eigenvalue weighted by atomic mass is 10.0. The Balaban J connectivity index is 2.06. The normalized spacial score (nSPS) is 12.6. The van der Waals surface area contributed by atoms with Crippen molar-refractivity contribution in [2.24, 2.45) is 0 Å². The summed E-state index contributed by atoms with van der Waals surface area (Å²) < 4.78 is 41.2. The van der Waals surface area contributed by atoms with Crippen molar-refractivity contribution in [1.82, 2.24) is 25.0 Å². The summed E-state index contributed by atoms with van der Waals surface area (Å²) >= 11 is 0. The summed E-state index contributed by atoms with van der Waals surface area (Å²) in [5.74, 6) is 0. The Kier molecular flexibility index (Phi) is 3.54. The predicted octanol–water partition coefficient (Wildman–Crippen LogP) is 4.88. The van der Waals surface area contributed by atoms with Crippen molar-refractivity contribution in [3.8, 4) is 11.3 Å². The van der Waals surface area contributed by atoms with Gasteiger partial charge in [0.15, 0.2) is 0 Å². The maximum atomic E-state index is 13.1. The summed E-state index contributed by atoms with van der Waals surface area (Å²) in [4.78, 5) is 3.89. The van der Waals surface area contributed by atoms with Crippen molar-refractivity contribution in [3.05, 3.63) is 41.7 Å². The van der Waals surface area contributed by atoms with Gasteiger partial charge in [0.2, 0.25) is 0 Å². The first-order valence-corrected chi connectivity index (χ1v) is 8.16. The summed E-state index contributed by atoms with van der Waals surface area (Å²) in [5, 5.41) is 12.3. The molecule has 0 amide bonds. The maximum Gasteiger partial charge on any atom is 0.433 e. The summed E-state index contributed by atoms with van der Waals surface area (Å²) in [6, 6.07) is 6.11. The van der Waals surface area contributed by atoms with E-state index < -0.39 is 11.9 Å². The standard InChI is InChI=1S/C18H16F3N5/c1-9(2)26-17(11-6-10(3)15-12(7-11)8-22-24-15)16-13(25-26)4-5-14(23-16)18(19,20)21/h4-9H,1-3H3,(H,22,24). The molecule has 4 rings (SSSR count). The Labute approximate surface area is 146 Å². The molecular weight excluding hydrogens is 343 g/mol. The zero-order valence-corrected chi connectivity index (χ0v) is 14.4. The molecule has 0 unspecified atom stereocenters. The molecule has 0 aliphatic carbocycles. The van der Waals surface area contributed by atoms with Crippen LogP contribution in [0.4, 0.5) is 13.2 Å². The highest BCUT2D eigenvalue weighted by atomic mass is 19.4. The van der Waals surface area contributed by atoms with Crippen LogP contribution in [-0.2, 0) is 6.18 Å². The molecule has 0 aliphatic heterocycles. The fourth-order valence-electron chi connectivity index (χ4n) is 3.15. The van der Waals surface area contributed by atoms with Gasteiger partial charge in [0, 0.05) is 17.0 Å². The third-order valence-corrected chi connectivity index (χ3v) is 4.34. The maximum absolute atomic E-state index is 13.1. The largest absolute Gasteiger partial charge is 0.433 e. The molecule has 0 saturated carbocycles. The molecule has 3 heterocycles. The lowest BCUT2D eigenvalue weighted by Gasteiger charge is -2.12. The summed E-state index contributed by atoms with van der Waals surface area (Å²) in [6.45, 7) is 5.80. The van der Waals surface area contributed by atoms with Crippen molar-refractivity contribution in [3.63, 3.8) is 0 Å². The van der Waals surface area contributed by atoms with E-state index in [0.29, 0.717) is 11.2 Å². The van der Waals surface area contributed by atoms with Gasteiger partial charge in [-0.25, -0.2) is 4.98 Å². The number of rotatable bonds is 2. The van der Waals surface area contributed by atoms with E-state index in [0.717, 1.165) is 28.1 Å². The van der Waals surface area contributed by atoms with Gasteiger partial charge in [-0.3, -0.25) is 9.78 Å². The van der Waals surface area contributed by atoms with Gasteiger partial charge in [-0.15, -0.1) is 0 Å². The number of aryl methyl sites for hydroxylation is 1. The van der Waals surface area contributed by atoms with Gasteiger partial charge in [0.05, 0.1) is 17.4 Å². The first-order valence-electron chi connectivity index (χ1n) is 8.16. The number of hydrogen-bond donors (Lipinski definition) is 1. The van der Waals surface area contributed by atoms with Gasteiger partial charge in [0.1, 0.15) is 16.7 Å². The van der Waals surface area contributed by atoms with Crippen LogP contribution in [0.25, 0.3) is 33.2 Å². The van der Waals surface area contributed by atoms with E-state index >= 15 is 0 Å². The van der Waals surface area contributed by atoms with E-state index in [-0.39, 0.29) is 11.6 Å². The van der Waals surface area contributed by atoms with Crippen molar-refractivity contribution >= 4 is 21.9 Å². The highest BCUT2D eigenvalue weighted by molar-refractivity contribution is 5.94. The SMILES string of the molecule is Cc1cc(-c2c3nc(C(F)(F)F)ccc3nn2C(C)C)cc2cn[nH]c12. The van der Waals surface area contributed by atoms with Crippen LogP contribution in [0.1, 0.15) is 31.1 Å². The van der Waals surface area contributed by atoms with Crippen LogP contribution >= 0.6 is 0 Å². The van der Waals surface area contributed by atoms with Crippen LogP contribution in [0.2, 0.25) is 0 Å². The van der Waals surface area contributed by atoms with Gasteiger partial charge in [-0.1, -0.05) is 0 Å². The minimum atomic E-state index is -4.50. The number of aromatic nitrogens is 5. The summed E-state index contributed by atoms with van der Waals surface area (Å²) in [5.41, 5.74) is 2.95. The molecule has 0 atom stereocenters. The van der Waals surface area contributed by atoms with E-state index in [1.807, 2.05) is 32.9 Å². The number of benzene rings is 1. The van der Waals surface area contributed by atoms with Crippen molar-refractivity contribution in [2.45, 2.75) is 33.0 Å². The Morgan fingerprint density at radius 2 is 1.92 bits per heavy atom. The monoisotopic (exact) mass is 359 g/mol. The molecule has 0 spiro atoms. The van der Waals surface area contributed by atoms with Crippen LogP contribution in [0, 0.1) is 6.92 Å². The van der Waals surface area contributed by atoms with E-state index in [9.17, 15) is 13.2 Å². The molecule has 0 saturated heterocycles. The number of hydrogen-bond acceptors (Lipinski definition) is 3. The van der Waals surface area contributed by atoms with E-state index in [4.69, 9.17) is 0 Å². The third-order valence-electron chi connectivity index (χ3n) is 4.34. The average molecular weight is 359 g/mol. The Bertz CT molecular complexity index is 1120. The first kappa shape index (κ1) is 16.6. The average Bonchev–Trinajstić information content (AvgIpc) is 3.17. The summed E-state index contributed by atoms with van der Waals surface area (Å²) in [7, 11) is 0. The second-order valence-electron chi connectivity index (χ2n) is 6.58. The number of nitrogens with zero attached hydrogens (tertiary/aromatic N) is 4. The zero-order valence-electron chi connectivity index (χ0n) is 14.4. The number of nitrogens with one attached hydrogen (secondary N) is 1. The van der Waals surface area contributed by atoms with Crippen molar-refractivity contribution < 1.29 is 13.2 Å². The fourth-order valence-corrected chi connectivity index (χ4v) is 3.15. The minimum absolute atomic E-state index is 0.0334. The molecule has 134 valence electrons. The molecule has 3 aromatic heterocycles. The quantitative estimate of drug-likeness (QED) is 0.555. The van der Waals surface area contributed by atoms with Crippen LogP contribution < -0.4 is 0 Å². The van der Waals surface area contributed by atoms with Gasteiger partial charge in [0.25, 0.3) is 0 Å². The van der Waals surface area contributed by atoms with Crippen LogP contribution in [0.15, 0.2) is 30.5 Å². The third kappa shape index (κ3) is 2.53. The molecule has 1 aromatic carbocycles. The number of H-pyrrole nitrogens is 1. The smallest absolute Gasteiger partial charge is 0.278 e. The molecule has 5 nitrogen and oxygen atoms in total. The van der Waals surface area contributed by atoms with E-state index in [1.54, 1.807) is 10.9 Å². The number of alkyl halides is 3. The van der Waals surface area contributed by atoms with E-state index in [2.05, 4.69) is 20.3 Å². The van der Waals surface area contributed by atoms with Gasteiger partial charge in [-0.2, -0.15) is 23.4 Å². The molecule has 4 aromatic rings.